The van der Waals surface area contributed by atoms with Crippen molar-refractivity contribution in [3.05, 3.63) is 23.2 Å². The molecule has 6 heteroatoms. The van der Waals surface area contributed by atoms with Crippen LogP contribution in [0.3, 0.4) is 0 Å². The van der Waals surface area contributed by atoms with Crippen molar-refractivity contribution < 1.29 is 9.53 Å². The average Bonchev–Trinajstić information content (AvgIpc) is 2.44. The molecular formula is C15H20ClN3O2. The molecule has 0 fully saturated rings. The van der Waals surface area contributed by atoms with Crippen molar-refractivity contribution in [2.45, 2.75) is 26.3 Å². The molecule has 5 nitrogen and oxygen atoms in total. The lowest BCUT2D eigenvalue weighted by Gasteiger charge is -2.27. The summed E-state index contributed by atoms with van der Waals surface area (Å²) in [5, 5.41) is 15.3. The molecule has 1 rings (SSSR count). The first kappa shape index (κ1) is 17.1. The van der Waals surface area contributed by atoms with Gasteiger partial charge in [0.05, 0.1) is 24.7 Å². The zero-order valence-corrected chi connectivity index (χ0v) is 13.4. The van der Waals surface area contributed by atoms with Crippen LogP contribution in [0.25, 0.3) is 0 Å². The van der Waals surface area contributed by atoms with E-state index in [1.54, 1.807) is 25.1 Å². The number of halogens is 1. The van der Waals surface area contributed by atoms with Crippen molar-refractivity contribution in [1.29, 1.82) is 5.26 Å². The predicted octanol–water partition coefficient (Wildman–Crippen LogP) is 2.81. The van der Waals surface area contributed by atoms with Crippen LogP contribution in [-0.4, -0.2) is 25.1 Å². The fourth-order valence-electron chi connectivity index (χ4n) is 1.59. The maximum Gasteiger partial charge on any atom is 0.240 e. The van der Waals surface area contributed by atoms with Crippen LogP contribution in [0.1, 0.15) is 20.8 Å². The van der Waals surface area contributed by atoms with Gasteiger partial charge in [-0.05, 0) is 31.0 Å². The smallest absolute Gasteiger partial charge is 0.240 e. The lowest BCUT2D eigenvalue weighted by molar-refractivity contribution is -0.121. The summed E-state index contributed by atoms with van der Waals surface area (Å²) in [7, 11) is 1.54. The van der Waals surface area contributed by atoms with E-state index < -0.39 is 5.54 Å². The van der Waals surface area contributed by atoms with Gasteiger partial charge in [-0.1, -0.05) is 25.4 Å². The highest BCUT2D eigenvalue weighted by Crippen LogP contribution is 2.27. The largest absolute Gasteiger partial charge is 0.495 e. The molecule has 1 aromatic rings. The molecule has 0 heterocycles. The molecule has 0 radical (unpaired) electrons. The van der Waals surface area contributed by atoms with Gasteiger partial charge in [0.1, 0.15) is 11.3 Å². The number of benzene rings is 1. The molecule has 0 saturated carbocycles. The third-order valence-electron chi connectivity index (χ3n) is 3.39. The summed E-state index contributed by atoms with van der Waals surface area (Å²) in [5.74, 6) is 0.338. The molecule has 21 heavy (non-hydrogen) atoms. The number of nitrogens with one attached hydrogen (secondary N) is 2. The molecule has 0 unspecified atom stereocenters. The zero-order valence-electron chi connectivity index (χ0n) is 12.7. The van der Waals surface area contributed by atoms with Gasteiger partial charge >= 0.3 is 0 Å². The van der Waals surface area contributed by atoms with E-state index in [0.29, 0.717) is 16.5 Å². The van der Waals surface area contributed by atoms with Crippen molar-refractivity contribution in [2.75, 3.05) is 19.0 Å². The van der Waals surface area contributed by atoms with Crippen LogP contribution in [0.2, 0.25) is 5.02 Å². The Morgan fingerprint density at radius 2 is 2.19 bits per heavy atom. The first-order chi connectivity index (χ1) is 9.82. The number of carbonyl (C=O) groups is 1. The zero-order chi connectivity index (χ0) is 16.0. The first-order valence-electron chi connectivity index (χ1n) is 6.62. The van der Waals surface area contributed by atoms with Gasteiger partial charge in [0.15, 0.2) is 0 Å². The van der Waals surface area contributed by atoms with Crippen molar-refractivity contribution in [3.63, 3.8) is 0 Å². The topological polar surface area (TPSA) is 74.2 Å². The summed E-state index contributed by atoms with van der Waals surface area (Å²) in [6.07, 6.45) is 0. The highest BCUT2D eigenvalue weighted by Gasteiger charge is 2.29. The van der Waals surface area contributed by atoms with E-state index in [-0.39, 0.29) is 18.4 Å². The Kier molecular flexibility index (Phi) is 5.86. The van der Waals surface area contributed by atoms with Gasteiger partial charge in [0.25, 0.3) is 0 Å². The van der Waals surface area contributed by atoms with Crippen LogP contribution in [0.15, 0.2) is 18.2 Å². The lowest BCUT2D eigenvalue weighted by atomic mass is 9.90. The summed E-state index contributed by atoms with van der Waals surface area (Å²) in [5.41, 5.74) is -0.171. The number of carbonyl (C=O) groups excluding carboxylic acids is 1. The number of amides is 1. The normalized spacial score (nSPS) is 13.2. The number of nitrogens with zero attached hydrogens (tertiary/aromatic N) is 1. The molecular weight excluding hydrogens is 290 g/mol. The minimum absolute atomic E-state index is 0.0156. The van der Waals surface area contributed by atoms with Crippen LogP contribution in [-0.2, 0) is 4.79 Å². The monoisotopic (exact) mass is 309 g/mol. The summed E-state index contributed by atoms with van der Waals surface area (Å²) < 4.78 is 5.06. The maximum absolute atomic E-state index is 11.9. The number of anilines is 1. The SMILES string of the molecule is COc1ccc(NCC(=O)N[C@@](C)(C#N)C(C)C)cc1Cl. The third-order valence-corrected chi connectivity index (χ3v) is 3.69. The molecule has 0 aromatic heterocycles. The fraction of sp³-hybridized carbons (Fsp3) is 0.467. The summed E-state index contributed by atoms with van der Waals surface area (Å²) >= 11 is 6.01. The standard InChI is InChI=1S/C15H20ClN3O2/c1-10(2)15(3,9-17)19-14(20)8-18-11-5-6-13(21-4)12(16)7-11/h5-7,10,18H,8H2,1-4H3,(H,19,20)/t15-/m0/s1. The van der Waals surface area contributed by atoms with Crippen LogP contribution in [0.4, 0.5) is 5.69 Å². The van der Waals surface area contributed by atoms with E-state index in [4.69, 9.17) is 21.6 Å². The predicted molar refractivity (Wildman–Crippen MR) is 83.5 cm³/mol. The van der Waals surface area contributed by atoms with Crippen LogP contribution in [0.5, 0.6) is 5.75 Å². The number of rotatable bonds is 6. The minimum atomic E-state index is -0.879. The molecule has 0 bridgehead atoms. The Bertz CT molecular complexity index is 554. The average molecular weight is 310 g/mol. The number of hydrogen-bond acceptors (Lipinski definition) is 4. The second kappa shape index (κ2) is 7.19. The van der Waals surface area contributed by atoms with E-state index in [1.165, 1.54) is 7.11 Å². The maximum atomic E-state index is 11.9. The molecule has 1 atom stereocenters. The number of nitriles is 1. The van der Waals surface area contributed by atoms with Gasteiger partial charge in [-0.2, -0.15) is 5.26 Å². The van der Waals surface area contributed by atoms with Gasteiger partial charge in [0.2, 0.25) is 5.91 Å². The Hall–Kier alpha value is -1.93. The molecule has 0 saturated heterocycles. The molecule has 2 N–H and O–H groups in total. The van der Waals surface area contributed by atoms with Crippen LogP contribution >= 0.6 is 11.6 Å². The highest BCUT2D eigenvalue weighted by atomic mass is 35.5. The Labute approximate surface area is 130 Å². The van der Waals surface area contributed by atoms with E-state index in [0.717, 1.165) is 0 Å². The molecule has 0 aliphatic carbocycles. The Morgan fingerprint density at radius 3 is 2.67 bits per heavy atom. The summed E-state index contributed by atoms with van der Waals surface area (Å²) in [6.45, 7) is 5.55. The van der Waals surface area contributed by atoms with Crippen LogP contribution in [0, 0.1) is 17.2 Å². The number of ether oxygens (including phenoxy) is 1. The van der Waals surface area contributed by atoms with E-state index in [9.17, 15) is 4.79 Å². The second-order valence-corrected chi connectivity index (χ2v) is 5.63. The third kappa shape index (κ3) is 4.54. The van der Waals surface area contributed by atoms with Gasteiger partial charge in [-0.3, -0.25) is 4.79 Å². The molecule has 114 valence electrons. The van der Waals surface area contributed by atoms with Gasteiger partial charge in [0, 0.05) is 5.69 Å². The van der Waals surface area contributed by atoms with Crippen molar-refractivity contribution in [3.8, 4) is 11.8 Å². The van der Waals surface area contributed by atoms with Crippen LogP contribution < -0.4 is 15.4 Å². The summed E-state index contributed by atoms with van der Waals surface area (Å²) in [6, 6.07) is 7.30. The second-order valence-electron chi connectivity index (χ2n) is 5.22. The van der Waals surface area contributed by atoms with Gasteiger partial charge in [-0.15, -0.1) is 0 Å². The number of methoxy groups -OCH3 is 1. The lowest BCUT2D eigenvalue weighted by Crippen LogP contribution is -2.50. The van der Waals surface area contributed by atoms with Crippen molar-refractivity contribution in [1.82, 2.24) is 5.32 Å². The first-order valence-corrected chi connectivity index (χ1v) is 7.00. The van der Waals surface area contributed by atoms with E-state index in [1.807, 2.05) is 13.8 Å². The number of hydrogen-bond donors (Lipinski definition) is 2. The summed E-state index contributed by atoms with van der Waals surface area (Å²) in [4.78, 5) is 11.9. The van der Waals surface area contributed by atoms with Crippen molar-refractivity contribution >= 4 is 23.2 Å². The highest BCUT2D eigenvalue weighted by molar-refractivity contribution is 6.32. The van der Waals surface area contributed by atoms with Crippen molar-refractivity contribution in [2.24, 2.45) is 5.92 Å². The van der Waals surface area contributed by atoms with Gasteiger partial charge < -0.3 is 15.4 Å². The fourth-order valence-corrected chi connectivity index (χ4v) is 1.85. The Balaban J connectivity index is 2.62. The quantitative estimate of drug-likeness (QED) is 0.847. The van der Waals surface area contributed by atoms with E-state index >= 15 is 0 Å². The van der Waals surface area contributed by atoms with Gasteiger partial charge in [-0.25, -0.2) is 0 Å². The molecule has 1 aromatic carbocycles. The molecule has 1 amide bonds. The molecule has 0 spiro atoms. The van der Waals surface area contributed by atoms with E-state index in [2.05, 4.69) is 16.7 Å². The molecule has 0 aliphatic rings. The minimum Gasteiger partial charge on any atom is -0.495 e. The molecule has 0 aliphatic heterocycles. The Morgan fingerprint density at radius 1 is 1.52 bits per heavy atom.